The maximum Gasteiger partial charge on any atom is 0.263 e. The molecule has 3 atom stereocenters. The summed E-state index contributed by atoms with van der Waals surface area (Å²) < 4.78 is 15.4. The highest BCUT2D eigenvalue weighted by atomic mass is 19.1. The SMILES string of the molecule is O=C(c1ccc2n(c1=O)C[C@H]1C[C@@H]2CN(C2Cc3ccccc3C2)C1)N1CC[C@@H](F)C1. The Morgan fingerprint density at radius 2 is 1.74 bits per heavy atom. The first-order valence-electron chi connectivity index (χ1n) is 11.5. The van der Waals surface area contributed by atoms with Gasteiger partial charge in [0.1, 0.15) is 11.7 Å². The maximum absolute atomic E-state index is 13.5. The lowest BCUT2D eigenvalue weighted by Gasteiger charge is -2.45. The maximum atomic E-state index is 13.5. The van der Waals surface area contributed by atoms with Gasteiger partial charge in [-0.3, -0.25) is 14.5 Å². The van der Waals surface area contributed by atoms with Gasteiger partial charge in [0.2, 0.25) is 0 Å². The topological polar surface area (TPSA) is 45.6 Å². The number of carbonyl (C=O) groups is 1. The van der Waals surface area contributed by atoms with Gasteiger partial charge < -0.3 is 9.47 Å². The van der Waals surface area contributed by atoms with E-state index >= 15 is 0 Å². The zero-order valence-corrected chi connectivity index (χ0v) is 17.7. The van der Waals surface area contributed by atoms with E-state index in [2.05, 4.69) is 29.2 Å². The smallest absolute Gasteiger partial charge is 0.263 e. The van der Waals surface area contributed by atoms with Gasteiger partial charge in [0, 0.05) is 43.8 Å². The van der Waals surface area contributed by atoms with Crippen LogP contribution in [-0.2, 0) is 19.4 Å². The number of alkyl halides is 1. The van der Waals surface area contributed by atoms with E-state index in [1.807, 2.05) is 10.6 Å². The van der Waals surface area contributed by atoms with E-state index in [1.165, 1.54) is 16.0 Å². The van der Waals surface area contributed by atoms with Crippen LogP contribution in [0.2, 0.25) is 0 Å². The lowest BCUT2D eigenvalue weighted by Crippen LogP contribution is -2.51. The number of hydrogen-bond acceptors (Lipinski definition) is 3. The molecule has 4 heterocycles. The summed E-state index contributed by atoms with van der Waals surface area (Å²) >= 11 is 0. The van der Waals surface area contributed by atoms with Crippen LogP contribution >= 0.6 is 0 Å². The lowest BCUT2D eigenvalue weighted by molar-refractivity contribution is 0.0769. The summed E-state index contributed by atoms with van der Waals surface area (Å²) in [5.74, 6) is 0.441. The molecule has 2 bridgehead atoms. The number of halogens is 1. The number of likely N-dealkylation sites (tertiary alicyclic amines) is 2. The van der Waals surface area contributed by atoms with Crippen LogP contribution in [0, 0.1) is 5.92 Å². The molecule has 0 saturated carbocycles. The molecule has 1 aromatic heterocycles. The fourth-order valence-electron chi connectivity index (χ4n) is 6.31. The standard InChI is InChI=1S/C25H28FN3O2/c26-20-7-8-27(15-20)24(30)22-5-6-23-19-9-16(13-29(23)25(22)31)12-28(14-19)21-10-17-3-1-2-4-18(17)11-21/h1-6,16,19-21H,7-15H2/t16-,19+,20+/m0/s1. The summed E-state index contributed by atoms with van der Waals surface area (Å²) in [6.45, 7) is 3.15. The molecule has 2 fully saturated rings. The van der Waals surface area contributed by atoms with Gasteiger partial charge >= 0.3 is 0 Å². The van der Waals surface area contributed by atoms with Crippen LogP contribution in [0.3, 0.4) is 0 Å². The number of piperidine rings is 1. The highest BCUT2D eigenvalue weighted by Crippen LogP contribution is 2.38. The molecule has 1 aromatic carbocycles. The Hall–Kier alpha value is -2.47. The van der Waals surface area contributed by atoms with Crippen LogP contribution in [0.1, 0.15) is 45.9 Å². The Morgan fingerprint density at radius 3 is 2.45 bits per heavy atom. The largest absolute Gasteiger partial charge is 0.335 e. The fourth-order valence-corrected chi connectivity index (χ4v) is 6.31. The number of fused-ring (bicyclic) bond motifs is 5. The first-order valence-corrected chi connectivity index (χ1v) is 11.5. The number of hydrogen-bond donors (Lipinski definition) is 0. The predicted octanol–water partition coefficient (Wildman–Crippen LogP) is 2.62. The van der Waals surface area contributed by atoms with E-state index in [1.54, 1.807) is 6.07 Å². The third-order valence-corrected chi connectivity index (χ3v) is 7.83. The molecule has 4 aliphatic rings. The highest BCUT2D eigenvalue weighted by Gasteiger charge is 2.39. The van der Waals surface area contributed by atoms with Crippen LogP contribution in [0.4, 0.5) is 4.39 Å². The molecule has 3 aliphatic heterocycles. The zero-order chi connectivity index (χ0) is 21.1. The second-order valence-corrected chi connectivity index (χ2v) is 9.81. The highest BCUT2D eigenvalue weighted by molar-refractivity contribution is 5.94. The molecule has 1 aliphatic carbocycles. The van der Waals surface area contributed by atoms with Gasteiger partial charge in [-0.1, -0.05) is 24.3 Å². The Balaban J connectivity index is 1.24. The van der Waals surface area contributed by atoms with Crippen LogP contribution in [0.5, 0.6) is 0 Å². The number of benzene rings is 1. The Bertz CT molecular complexity index is 1070. The van der Waals surface area contributed by atoms with Crippen molar-refractivity contribution >= 4 is 5.91 Å². The average molecular weight is 422 g/mol. The fraction of sp³-hybridized carbons (Fsp3) is 0.520. The molecule has 162 valence electrons. The molecule has 31 heavy (non-hydrogen) atoms. The first kappa shape index (κ1) is 19.2. The van der Waals surface area contributed by atoms with Crippen molar-refractivity contribution in [1.82, 2.24) is 14.4 Å². The van der Waals surface area contributed by atoms with Crippen LogP contribution in [0.15, 0.2) is 41.2 Å². The number of rotatable bonds is 2. The van der Waals surface area contributed by atoms with Gasteiger partial charge in [-0.25, -0.2) is 4.39 Å². The van der Waals surface area contributed by atoms with Crippen LogP contribution in [-0.4, -0.2) is 58.7 Å². The monoisotopic (exact) mass is 421 g/mol. The molecule has 6 heteroatoms. The molecule has 6 rings (SSSR count). The van der Waals surface area contributed by atoms with E-state index in [4.69, 9.17) is 0 Å². The molecule has 1 amide bonds. The average Bonchev–Trinajstić information content (AvgIpc) is 3.40. The Morgan fingerprint density at radius 1 is 0.968 bits per heavy atom. The summed E-state index contributed by atoms with van der Waals surface area (Å²) in [6, 6.07) is 13.0. The second-order valence-electron chi connectivity index (χ2n) is 9.81. The number of amides is 1. The van der Waals surface area contributed by atoms with E-state index in [9.17, 15) is 14.0 Å². The number of pyridine rings is 1. The third kappa shape index (κ3) is 3.23. The summed E-state index contributed by atoms with van der Waals surface area (Å²) in [6.07, 6.45) is 2.72. The van der Waals surface area contributed by atoms with Gasteiger partial charge in [-0.2, -0.15) is 0 Å². The first-order chi connectivity index (χ1) is 15.1. The van der Waals surface area contributed by atoms with Gasteiger partial charge in [0.15, 0.2) is 0 Å². The number of nitrogens with zero attached hydrogens (tertiary/aromatic N) is 3. The quantitative estimate of drug-likeness (QED) is 0.749. The van der Waals surface area contributed by atoms with Crippen molar-refractivity contribution in [2.75, 3.05) is 26.2 Å². The van der Waals surface area contributed by atoms with Crippen molar-refractivity contribution in [2.24, 2.45) is 5.92 Å². The van der Waals surface area contributed by atoms with Crippen molar-refractivity contribution in [3.05, 3.63) is 69.1 Å². The molecule has 2 saturated heterocycles. The van der Waals surface area contributed by atoms with Crippen molar-refractivity contribution in [3.63, 3.8) is 0 Å². The summed E-state index contributed by atoms with van der Waals surface area (Å²) in [5, 5.41) is 0. The molecular weight excluding hydrogens is 393 g/mol. The van der Waals surface area contributed by atoms with Crippen LogP contribution in [0.25, 0.3) is 0 Å². The zero-order valence-electron chi connectivity index (χ0n) is 17.7. The summed E-state index contributed by atoms with van der Waals surface area (Å²) in [4.78, 5) is 30.2. The Labute approximate surface area is 181 Å². The summed E-state index contributed by atoms with van der Waals surface area (Å²) in [5.41, 5.74) is 4.01. The van der Waals surface area contributed by atoms with E-state index in [0.29, 0.717) is 37.4 Å². The molecule has 5 nitrogen and oxygen atoms in total. The van der Waals surface area contributed by atoms with Crippen molar-refractivity contribution < 1.29 is 9.18 Å². The molecule has 2 aromatic rings. The minimum Gasteiger partial charge on any atom is -0.335 e. The predicted molar refractivity (Wildman–Crippen MR) is 116 cm³/mol. The van der Waals surface area contributed by atoms with Gasteiger partial charge in [0.25, 0.3) is 11.5 Å². The number of aromatic nitrogens is 1. The number of carbonyl (C=O) groups excluding carboxylic acids is 1. The van der Waals surface area contributed by atoms with E-state index < -0.39 is 6.17 Å². The molecule has 0 N–H and O–H groups in total. The minimum absolute atomic E-state index is 0.101. The van der Waals surface area contributed by atoms with Gasteiger partial charge in [-0.15, -0.1) is 0 Å². The molecule has 0 radical (unpaired) electrons. The molecule has 0 unspecified atom stereocenters. The third-order valence-electron chi connectivity index (χ3n) is 7.83. The van der Waals surface area contributed by atoms with E-state index in [-0.39, 0.29) is 23.6 Å². The van der Waals surface area contributed by atoms with Crippen LogP contribution < -0.4 is 5.56 Å². The van der Waals surface area contributed by atoms with Gasteiger partial charge in [-0.05, 0) is 54.9 Å². The van der Waals surface area contributed by atoms with Crippen molar-refractivity contribution in [1.29, 1.82) is 0 Å². The second kappa shape index (κ2) is 7.30. The molecular formula is C25H28FN3O2. The lowest BCUT2D eigenvalue weighted by atomic mass is 9.82. The van der Waals surface area contributed by atoms with Gasteiger partial charge in [0.05, 0.1) is 6.54 Å². The van der Waals surface area contributed by atoms with Crippen molar-refractivity contribution in [3.8, 4) is 0 Å². The normalized spacial score (nSPS) is 27.9. The summed E-state index contributed by atoms with van der Waals surface area (Å²) in [7, 11) is 0. The minimum atomic E-state index is -0.976. The Kier molecular flexibility index (Phi) is 4.53. The van der Waals surface area contributed by atoms with Crippen molar-refractivity contribution in [2.45, 2.75) is 50.4 Å². The van der Waals surface area contributed by atoms with E-state index in [0.717, 1.165) is 38.0 Å². The molecule has 0 spiro atoms.